The van der Waals surface area contributed by atoms with E-state index < -0.39 is 0 Å². The summed E-state index contributed by atoms with van der Waals surface area (Å²) >= 11 is 8.85. The number of thiophene rings is 1. The fourth-order valence-electron chi connectivity index (χ4n) is 2.21. The summed E-state index contributed by atoms with van der Waals surface area (Å²) in [6, 6.07) is 9.28. The molecule has 4 nitrogen and oxygen atoms in total. The van der Waals surface area contributed by atoms with Gasteiger partial charge in [0.15, 0.2) is 5.82 Å². The Morgan fingerprint density at radius 1 is 1.22 bits per heavy atom. The van der Waals surface area contributed by atoms with Gasteiger partial charge in [-0.1, -0.05) is 22.9 Å². The SMILES string of the molecule is Cc1ccsc1C=c1sc2nc(-c3ccc(Cl)cc3)nn2c1=O. The highest BCUT2D eigenvalue weighted by Gasteiger charge is 2.12. The molecular formula is C16H10ClN3OS2. The molecule has 4 aromatic rings. The lowest BCUT2D eigenvalue weighted by atomic mass is 10.2. The van der Waals surface area contributed by atoms with Crippen molar-refractivity contribution in [2.75, 3.05) is 0 Å². The maximum Gasteiger partial charge on any atom is 0.291 e. The van der Waals surface area contributed by atoms with E-state index in [4.69, 9.17) is 11.6 Å². The molecule has 1 aromatic carbocycles. The lowest BCUT2D eigenvalue weighted by Crippen LogP contribution is -2.23. The van der Waals surface area contributed by atoms with E-state index in [-0.39, 0.29) is 5.56 Å². The van der Waals surface area contributed by atoms with E-state index in [1.54, 1.807) is 23.5 Å². The minimum atomic E-state index is -0.134. The maximum absolute atomic E-state index is 12.5. The molecule has 3 aromatic heterocycles. The summed E-state index contributed by atoms with van der Waals surface area (Å²) in [5.41, 5.74) is 1.87. The first-order valence-corrected chi connectivity index (χ1v) is 8.90. The Morgan fingerprint density at radius 2 is 2.00 bits per heavy atom. The Morgan fingerprint density at radius 3 is 2.65 bits per heavy atom. The largest absolute Gasteiger partial charge is 0.291 e. The standard InChI is InChI=1S/C16H10ClN3OS2/c1-9-6-7-22-12(9)8-13-15(21)20-16(23-13)18-14(19-20)10-2-4-11(17)5-3-10/h2-8H,1H3. The van der Waals surface area contributed by atoms with Crippen LogP contribution in [-0.2, 0) is 0 Å². The molecule has 0 bridgehead atoms. The molecule has 0 amide bonds. The Balaban J connectivity index is 1.84. The van der Waals surface area contributed by atoms with Crippen LogP contribution in [0.4, 0.5) is 0 Å². The highest BCUT2D eigenvalue weighted by Crippen LogP contribution is 2.19. The first kappa shape index (κ1) is 14.6. The molecule has 0 aliphatic rings. The molecule has 0 spiro atoms. The average Bonchev–Trinajstić information content (AvgIpc) is 3.20. The number of thiazole rings is 1. The predicted molar refractivity (Wildman–Crippen MR) is 95.4 cm³/mol. The van der Waals surface area contributed by atoms with Crippen LogP contribution >= 0.6 is 34.3 Å². The highest BCUT2D eigenvalue weighted by atomic mass is 35.5. The summed E-state index contributed by atoms with van der Waals surface area (Å²) in [6.07, 6.45) is 1.91. The van der Waals surface area contributed by atoms with Crippen molar-refractivity contribution in [2.45, 2.75) is 6.92 Å². The number of aryl methyl sites for hydroxylation is 1. The number of hydrogen-bond donors (Lipinski definition) is 0. The summed E-state index contributed by atoms with van der Waals surface area (Å²) < 4.78 is 2.01. The van der Waals surface area contributed by atoms with Crippen LogP contribution in [0.5, 0.6) is 0 Å². The molecule has 0 aliphatic heterocycles. The van der Waals surface area contributed by atoms with Gasteiger partial charge in [0.25, 0.3) is 5.56 Å². The van der Waals surface area contributed by atoms with Crippen molar-refractivity contribution in [3.63, 3.8) is 0 Å². The van der Waals surface area contributed by atoms with Crippen LogP contribution < -0.4 is 10.1 Å². The van der Waals surface area contributed by atoms with E-state index in [1.807, 2.05) is 36.6 Å². The van der Waals surface area contributed by atoms with Gasteiger partial charge in [-0.3, -0.25) is 4.79 Å². The molecule has 0 atom stereocenters. The van der Waals surface area contributed by atoms with Crippen molar-refractivity contribution in [3.05, 3.63) is 66.1 Å². The molecule has 0 fully saturated rings. The molecular weight excluding hydrogens is 350 g/mol. The van der Waals surface area contributed by atoms with Gasteiger partial charge in [0.05, 0.1) is 4.53 Å². The van der Waals surface area contributed by atoms with E-state index in [2.05, 4.69) is 10.1 Å². The summed E-state index contributed by atoms with van der Waals surface area (Å²) in [6.45, 7) is 2.03. The third-order valence-electron chi connectivity index (χ3n) is 3.45. The Labute approximate surface area is 144 Å². The van der Waals surface area contributed by atoms with Crippen molar-refractivity contribution >= 4 is 45.3 Å². The van der Waals surface area contributed by atoms with Crippen molar-refractivity contribution < 1.29 is 0 Å². The molecule has 23 heavy (non-hydrogen) atoms. The Bertz CT molecular complexity index is 1110. The molecule has 3 heterocycles. The van der Waals surface area contributed by atoms with Crippen LogP contribution in [0, 0.1) is 6.92 Å². The molecule has 0 radical (unpaired) electrons. The summed E-state index contributed by atoms with van der Waals surface area (Å²) in [5.74, 6) is 0.531. The normalized spacial score (nSPS) is 12.3. The third-order valence-corrected chi connectivity index (χ3v) is 5.63. The molecule has 0 aliphatic carbocycles. The lowest BCUT2D eigenvalue weighted by Gasteiger charge is -1.93. The number of hydrogen-bond acceptors (Lipinski definition) is 5. The number of rotatable bonds is 2. The van der Waals surface area contributed by atoms with Crippen LogP contribution in [0.1, 0.15) is 10.4 Å². The Kier molecular flexibility index (Phi) is 3.52. The first-order valence-electron chi connectivity index (χ1n) is 6.83. The zero-order chi connectivity index (χ0) is 16.0. The minimum Gasteiger partial charge on any atom is -0.266 e. The second kappa shape index (κ2) is 5.56. The zero-order valence-electron chi connectivity index (χ0n) is 12.0. The summed E-state index contributed by atoms with van der Waals surface area (Å²) in [7, 11) is 0. The van der Waals surface area contributed by atoms with Crippen molar-refractivity contribution in [3.8, 4) is 11.4 Å². The summed E-state index contributed by atoms with van der Waals surface area (Å²) in [5, 5.41) is 7.00. The van der Waals surface area contributed by atoms with E-state index in [1.165, 1.54) is 15.9 Å². The predicted octanol–water partition coefficient (Wildman–Crippen LogP) is 3.39. The van der Waals surface area contributed by atoms with Crippen LogP contribution in [0.2, 0.25) is 5.02 Å². The average molecular weight is 360 g/mol. The van der Waals surface area contributed by atoms with Crippen LogP contribution in [0.25, 0.3) is 22.4 Å². The number of benzene rings is 1. The van der Waals surface area contributed by atoms with E-state index >= 15 is 0 Å². The highest BCUT2D eigenvalue weighted by molar-refractivity contribution is 7.15. The zero-order valence-corrected chi connectivity index (χ0v) is 14.4. The van der Waals surface area contributed by atoms with Gasteiger partial charge in [-0.25, -0.2) is 0 Å². The molecule has 0 saturated heterocycles. The molecule has 0 saturated carbocycles. The number of halogens is 1. The lowest BCUT2D eigenvalue weighted by molar-refractivity contribution is 0.937. The number of nitrogens with zero attached hydrogens (tertiary/aromatic N) is 3. The monoisotopic (exact) mass is 359 g/mol. The second-order valence-electron chi connectivity index (χ2n) is 5.02. The molecule has 4 rings (SSSR count). The van der Waals surface area contributed by atoms with Gasteiger partial charge >= 0.3 is 0 Å². The molecule has 114 valence electrons. The number of aromatic nitrogens is 3. The topological polar surface area (TPSA) is 47.3 Å². The fourth-order valence-corrected chi connectivity index (χ4v) is 4.16. The smallest absolute Gasteiger partial charge is 0.266 e. The van der Waals surface area contributed by atoms with Crippen molar-refractivity contribution in [2.24, 2.45) is 0 Å². The van der Waals surface area contributed by atoms with Crippen molar-refractivity contribution in [1.29, 1.82) is 0 Å². The van der Waals surface area contributed by atoms with Gasteiger partial charge in [-0.05, 0) is 54.3 Å². The van der Waals surface area contributed by atoms with E-state index in [0.29, 0.717) is 20.3 Å². The van der Waals surface area contributed by atoms with Gasteiger partial charge in [0, 0.05) is 15.5 Å². The van der Waals surface area contributed by atoms with E-state index in [0.717, 1.165) is 16.0 Å². The Hall–Kier alpha value is -2.02. The molecule has 0 N–H and O–H groups in total. The van der Waals surface area contributed by atoms with Gasteiger partial charge in [0.1, 0.15) is 0 Å². The van der Waals surface area contributed by atoms with Crippen LogP contribution in [-0.4, -0.2) is 14.6 Å². The van der Waals surface area contributed by atoms with Gasteiger partial charge in [-0.2, -0.15) is 9.50 Å². The van der Waals surface area contributed by atoms with Crippen LogP contribution in [0.3, 0.4) is 0 Å². The summed E-state index contributed by atoms with van der Waals surface area (Å²) in [4.78, 5) is 18.6. The minimum absolute atomic E-state index is 0.134. The quantitative estimate of drug-likeness (QED) is 0.551. The van der Waals surface area contributed by atoms with Crippen LogP contribution in [0.15, 0.2) is 40.5 Å². The van der Waals surface area contributed by atoms with Gasteiger partial charge in [-0.15, -0.1) is 16.4 Å². The van der Waals surface area contributed by atoms with Gasteiger partial charge in [0.2, 0.25) is 4.96 Å². The molecule has 0 unspecified atom stereocenters. The third kappa shape index (κ3) is 2.59. The maximum atomic E-state index is 12.5. The first-order chi connectivity index (χ1) is 11.1. The fraction of sp³-hybridized carbons (Fsp3) is 0.0625. The second-order valence-corrected chi connectivity index (χ2v) is 7.41. The van der Waals surface area contributed by atoms with E-state index in [9.17, 15) is 4.79 Å². The molecule has 7 heteroatoms. The number of fused-ring (bicyclic) bond motifs is 1. The van der Waals surface area contributed by atoms with Crippen molar-refractivity contribution in [1.82, 2.24) is 14.6 Å². The van der Waals surface area contributed by atoms with Gasteiger partial charge < -0.3 is 0 Å².